The van der Waals surface area contributed by atoms with Crippen molar-refractivity contribution >= 4 is 23.5 Å². The summed E-state index contributed by atoms with van der Waals surface area (Å²) in [5.74, 6) is 0.399. The number of hydrogen-bond acceptors (Lipinski definition) is 4. The van der Waals surface area contributed by atoms with Crippen molar-refractivity contribution in [3.05, 3.63) is 0 Å². The summed E-state index contributed by atoms with van der Waals surface area (Å²) in [5.41, 5.74) is 5.27. The minimum atomic E-state index is -0.973. The van der Waals surface area contributed by atoms with Crippen LogP contribution in [0.3, 0.4) is 0 Å². The molecule has 0 saturated heterocycles. The molecule has 0 spiro atoms. The number of rotatable bonds is 7. The average Bonchev–Trinajstić information content (AvgIpc) is 2.02. The van der Waals surface area contributed by atoms with E-state index in [4.69, 9.17) is 10.8 Å². The van der Waals surface area contributed by atoms with Crippen LogP contribution >= 0.6 is 11.8 Å². The van der Waals surface area contributed by atoms with Gasteiger partial charge < -0.3 is 15.6 Å². The van der Waals surface area contributed by atoms with Crippen LogP contribution in [0.25, 0.3) is 0 Å². The van der Waals surface area contributed by atoms with Crippen molar-refractivity contribution in [3.63, 3.8) is 0 Å². The van der Waals surface area contributed by atoms with Crippen molar-refractivity contribution in [2.75, 3.05) is 11.5 Å². The van der Waals surface area contributed by atoms with E-state index in [-0.39, 0.29) is 5.78 Å². The van der Waals surface area contributed by atoms with Gasteiger partial charge in [0, 0.05) is 12.2 Å². The Kier molecular flexibility index (Phi) is 6.62. The number of Topliss-reactive ketones (excluding diaryl/α,β-unsaturated/α-hetero) is 1. The van der Waals surface area contributed by atoms with Crippen molar-refractivity contribution in [1.29, 1.82) is 0 Å². The van der Waals surface area contributed by atoms with Crippen molar-refractivity contribution < 1.29 is 14.7 Å². The first-order valence-electron chi connectivity index (χ1n) is 4.09. The van der Waals surface area contributed by atoms with E-state index in [1.165, 1.54) is 11.8 Å². The standard InChI is InChI=1S/C8H15NO3S/c1-6(10)3-2-4-13-5-7(9)8(11)12/h7H,2-5,9H2,1H3,(H,11,12)/t7-/m0/s1. The molecule has 0 rings (SSSR count). The van der Waals surface area contributed by atoms with Crippen molar-refractivity contribution in [1.82, 2.24) is 0 Å². The van der Waals surface area contributed by atoms with Crippen LogP contribution in [0.15, 0.2) is 0 Å². The number of carbonyl (C=O) groups is 2. The van der Waals surface area contributed by atoms with Crippen molar-refractivity contribution in [3.8, 4) is 0 Å². The number of hydrogen-bond donors (Lipinski definition) is 2. The van der Waals surface area contributed by atoms with Gasteiger partial charge in [-0.2, -0.15) is 11.8 Å². The van der Waals surface area contributed by atoms with Gasteiger partial charge >= 0.3 is 5.97 Å². The molecule has 0 aliphatic carbocycles. The highest BCUT2D eigenvalue weighted by Crippen LogP contribution is 2.06. The van der Waals surface area contributed by atoms with Crippen LogP contribution in [0.2, 0.25) is 0 Å². The summed E-state index contributed by atoms with van der Waals surface area (Å²) in [6.07, 6.45) is 1.36. The third-order valence-electron chi connectivity index (χ3n) is 1.43. The van der Waals surface area contributed by atoms with Gasteiger partial charge in [0.15, 0.2) is 0 Å². The van der Waals surface area contributed by atoms with Gasteiger partial charge in [0.05, 0.1) is 0 Å². The van der Waals surface area contributed by atoms with Gasteiger partial charge in [0.2, 0.25) is 0 Å². The Hall–Kier alpha value is -0.550. The van der Waals surface area contributed by atoms with Gasteiger partial charge in [0.1, 0.15) is 11.8 Å². The fourth-order valence-electron chi connectivity index (χ4n) is 0.705. The zero-order valence-electron chi connectivity index (χ0n) is 7.66. The van der Waals surface area contributed by atoms with Gasteiger partial charge in [-0.25, -0.2) is 0 Å². The minimum absolute atomic E-state index is 0.170. The summed E-state index contributed by atoms with van der Waals surface area (Å²) in [7, 11) is 0. The molecule has 0 aliphatic heterocycles. The van der Waals surface area contributed by atoms with E-state index in [1.807, 2.05) is 0 Å². The fraction of sp³-hybridized carbons (Fsp3) is 0.750. The molecule has 0 fully saturated rings. The fourth-order valence-corrected chi connectivity index (χ4v) is 1.62. The van der Waals surface area contributed by atoms with E-state index in [0.29, 0.717) is 12.2 Å². The Labute approximate surface area is 81.9 Å². The molecule has 13 heavy (non-hydrogen) atoms. The second-order valence-corrected chi connectivity index (χ2v) is 3.98. The Balaban J connectivity index is 3.26. The van der Waals surface area contributed by atoms with Crippen LogP contribution in [0, 0.1) is 0 Å². The van der Waals surface area contributed by atoms with Crippen LogP contribution in [0.1, 0.15) is 19.8 Å². The van der Waals surface area contributed by atoms with E-state index in [2.05, 4.69) is 0 Å². The average molecular weight is 205 g/mol. The molecule has 3 N–H and O–H groups in total. The number of thioether (sulfide) groups is 1. The van der Waals surface area contributed by atoms with Gasteiger partial charge in [-0.05, 0) is 19.1 Å². The first-order valence-corrected chi connectivity index (χ1v) is 5.25. The lowest BCUT2D eigenvalue weighted by Crippen LogP contribution is -2.32. The van der Waals surface area contributed by atoms with E-state index in [9.17, 15) is 9.59 Å². The van der Waals surface area contributed by atoms with Crippen LogP contribution < -0.4 is 5.73 Å². The molecule has 0 aromatic carbocycles. The van der Waals surface area contributed by atoms with E-state index < -0.39 is 12.0 Å². The second-order valence-electron chi connectivity index (χ2n) is 2.83. The van der Waals surface area contributed by atoms with Gasteiger partial charge in [-0.3, -0.25) is 4.79 Å². The first-order chi connectivity index (χ1) is 6.04. The Morgan fingerprint density at radius 2 is 2.15 bits per heavy atom. The molecule has 0 saturated carbocycles. The second kappa shape index (κ2) is 6.91. The van der Waals surface area contributed by atoms with Gasteiger partial charge in [-0.15, -0.1) is 0 Å². The van der Waals surface area contributed by atoms with E-state index in [0.717, 1.165) is 12.2 Å². The maximum atomic E-state index is 10.5. The zero-order valence-corrected chi connectivity index (χ0v) is 8.47. The molecular weight excluding hydrogens is 190 g/mol. The maximum Gasteiger partial charge on any atom is 0.321 e. The van der Waals surface area contributed by atoms with Crippen molar-refractivity contribution in [2.24, 2.45) is 5.73 Å². The molecule has 1 atom stereocenters. The van der Waals surface area contributed by atoms with Crippen LogP contribution in [-0.2, 0) is 9.59 Å². The molecule has 0 aromatic heterocycles. The lowest BCUT2D eigenvalue weighted by molar-refractivity contribution is -0.137. The molecule has 0 amide bonds. The summed E-state index contributed by atoms with van der Waals surface area (Å²) in [4.78, 5) is 20.8. The minimum Gasteiger partial charge on any atom is -0.480 e. The highest BCUT2D eigenvalue weighted by atomic mass is 32.2. The summed E-state index contributed by atoms with van der Waals surface area (Å²) >= 11 is 1.47. The molecular formula is C8H15NO3S. The van der Waals surface area contributed by atoms with Crippen molar-refractivity contribution in [2.45, 2.75) is 25.8 Å². The largest absolute Gasteiger partial charge is 0.480 e. The number of carbonyl (C=O) groups excluding carboxylic acids is 1. The molecule has 0 unspecified atom stereocenters. The molecule has 76 valence electrons. The Morgan fingerprint density at radius 1 is 1.54 bits per heavy atom. The maximum absolute atomic E-state index is 10.5. The molecule has 5 heteroatoms. The molecule has 0 aromatic rings. The Morgan fingerprint density at radius 3 is 2.62 bits per heavy atom. The molecule has 0 bridgehead atoms. The van der Waals surface area contributed by atoms with Crippen LogP contribution in [0.5, 0.6) is 0 Å². The molecule has 0 radical (unpaired) electrons. The third kappa shape index (κ3) is 7.80. The Bertz CT molecular complexity index is 184. The highest BCUT2D eigenvalue weighted by molar-refractivity contribution is 7.99. The number of ketones is 1. The quantitative estimate of drug-likeness (QED) is 0.592. The normalized spacial score (nSPS) is 12.5. The summed E-state index contributed by atoms with van der Waals surface area (Å²) in [6, 6.07) is -0.790. The summed E-state index contributed by atoms with van der Waals surface area (Å²) < 4.78 is 0. The lowest BCUT2D eigenvalue weighted by atomic mass is 10.3. The van der Waals surface area contributed by atoms with Crippen LogP contribution in [0.4, 0.5) is 0 Å². The molecule has 4 nitrogen and oxygen atoms in total. The number of carboxylic acids is 1. The van der Waals surface area contributed by atoms with E-state index in [1.54, 1.807) is 6.92 Å². The third-order valence-corrected chi connectivity index (χ3v) is 2.60. The van der Waals surface area contributed by atoms with E-state index >= 15 is 0 Å². The molecule has 0 aliphatic rings. The van der Waals surface area contributed by atoms with Crippen LogP contribution in [-0.4, -0.2) is 34.4 Å². The number of nitrogens with two attached hydrogens (primary N) is 1. The summed E-state index contributed by atoms with van der Waals surface area (Å²) in [5, 5.41) is 8.43. The monoisotopic (exact) mass is 205 g/mol. The topological polar surface area (TPSA) is 80.4 Å². The summed E-state index contributed by atoms with van der Waals surface area (Å²) in [6.45, 7) is 1.55. The predicted octanol–water partition coefficient (Wildman–Crippen LogP) is 0.501. The first kappa shape index (κ1) is 12.4. The predicted molar refractivity (Wildman–Crippen MR) is 52.9 cm³/mol. The van der Waals surface area contributed by atoms with Gasteiger partial charge in [-0.1, -0.05) is 0 Å². The van der Waals surface area contributed by atoms with Gasteiger partial charge in [0.25, 0.3) is 0 Å². The zero-order chi connectivity index (χ0) is 10.3. The molecule has 0 heterocycles. The SMILES string of the molecule is CC(=O)CCCSC[C@H](N)C(=O)O. The lowest BCUT2D eigenvalue weighted by Gasteiger charge is -2.04. The highest BCUT2D eigenvalue weighted by Gasteiger charge is 2.10. The number of carboxylic acid groups (broad SMARTS) is 1. The smallest absolute Gasteiger partial charge is 0.321 e. The number of aliphatic carboxylic acids is 1.